The fourth-order valence-corrected chi connectivity index (χ4v) is 5.00. The van der Waals surface area contributed by atoms with E-state index in [2.05, 4.69) is 24.0 Å². The van der Waals surface area contributed by atoms with Gasteiger partial charge in [0, 0.05) is 12.1 Å². The second-order valence-electron chi connectivity index (χ2n) is 11.0. The summed E-state index contributed by atoms with van der Waals surface area (Å²) < 4.78 is 23.4. The van der Waals surface area contributed by atoms with Crippen LogP contribution in [-0.2, 0) is 22.6 Å². The SMILES string of the molecule is CCOC(=O)C(C)(C)Oc1c(C)cc(CN(Cc2nc3ccccc3o2)C(C)c2coc(-c3ccccc3)n2)cc1C. The van der Waals surface area contributed by atoms with Gasteiger partial charge in [-0.2, -0.15) is 0 Å². The van der Waals surface area contributed by atoms with Crippen LogP contribution < -0.4 is 4.74 Å². The number of fused-ring (bicyclic) bond motifs is 1. The van der Waals surface area contributed by atoms with Crippen LogP contribution in [0.5, 0.6) is 5.75 Å². The van der Waals surface area contributed by atoms with Crippen molar-refractivity contribution in [2.45, 2.75) is 66.3 Å². The average Bonchev–Trinajstić information content (AvgIpc) is 3.62. The first kappa shape index (κ1) is 29.1. The number of benzene rings is 3. The van der Waals surface area contributed by atoms with E-state index in [1.807, 2.05) is 68.4 Å². The third-order valence-electron chi connectivity index (χ3n) is 7.22. The van der Waals surface area contributed by atoms with Crippen molar-refractivity contribution in [3.8, 4) is 17.2 Å². The second-order valence-corrected chi connectivity index (χ2v) is 11.0. The van der Waals surface area contributed by atoms with Gasteiger partial charge >= 0.3 is 5.97 Å². The van der Waals surface area contributed by atoms with Crippen LogP contribution in [0.2, 0.25) is 0 Å². The molecule has 0 aliphatic heterocycles. The lowest BCUT2D eigenvalue weighted by molar-refractivity contribution is -0.158. The summed E-state index contributed by atoms with van der Waals surface area (Å²) in [6.07, 6.45) is 1.72. The van der Waals surface area contributed by atoms with Crippen LogP contribution in [-0.4, -0.2) is 33.0 Å². The van der Waals surface area contributed by atoms with E-state index in [-0.39, 0.29) is 6.04 Å². The molecule has 0 saturated heterocycles. The summed E-state index contributed by atoms with van der Waals surface area (Å²) in [5, 5.41) is 0. The van der Waals surface area contributed by atoms with E-state index in [0.29, 0.717) is 37.2 Å². The molecule has 0 saturated carbocycles. The summed E-state index contributed by atoms with van der Waals surface area (Å²) in [6.45, 7) is 12.7. The molecule has 8 nitrogen and oxygen atoms in total. The summed E-state index contributed by atoms with van der Waals surface area (Å²) in [5.41, 5.74) is 5.17. The molecule has 3 aromatic carbocycles. The topological polar surface area (TPSA) is 90.8 Å². The highest BCUT2D eigenvalue weighted by Crippen LogP contribution is 2.32. The molecule has 5 aromatic rings. The molecule has 5 rings (SSSR count). The van der Waals surface area contributed by atoms with Crippen LogP contribution in [0.25, 0.3) is 22.6 Å². The number of nitrogens with zero attached hydrogens (tertiary/aromatic N) is 3. The summed E-state index contributed by atoms with van der Waals surface area (Å²) in [5.74, 6) is 1.49. The maximum Gasteiger partial charge on any atom is 0.349 e. The zero-order chi connectivity index (χ0) is 29.9. The first-order valence-corrected chi connectivity index (χ1v) is 14.2. The van der Waals surface area contributed by atoms with Crippen molar-refractivity contribution in [3.05, 3.63) is 101 Å². The van der Waals surface area contributed by atoms with Crippen LogP contribution in [0.3, 0.4) is 0 Å². The predicted octanol–water partition coefficient (Wildman–Crippen LogP) is 7.58. The highest BCUT2D eigenvalue weighted by Gasteiger charge is 2.33. The predicted molar refractivity (Wildman–Crippen MR) is 161 cm³/mol. The number of carbonyl (C=O) groups excluding carboxylic acids is 1. The molecule has 218 valence electrons. The largest absolute Gasteiger partial charge is 0.476 e. The number of ether oxygens (including phenoxy) is 2. The highest BCUT2D eigenvalue weighted by molar-refractivity contribution is 5.79. The number of hydrogen-bond acceptors (Lipinski definition) is 8. The van der Waals surface area contributed by atoms with Gasteiger partial charge in [-0.15, -0.1) is 0 Å². The fourth-order valence-electron chi connectivity index (χ4n) is 5.00. The average molecular weight is 568 g/mol. The molecule has 0 amide bonds. The summed E-state index contributed by atoms with van der Waals surface area (Å²) in [7, 11) is 0. The number of para-hydroxylation sites is 2. The smallest absolute Gasteiger partial charge is 0.349 e. The van der Waals surface area contributed by atoms with Gasteiger partial charge in [-0.25, -0.2) is 14.8 Å². The molecule has 2 aromatic heterocycles. The van der Waals surface area contributed by atoms with Gasteiger partial charge in [0.15, 0.2) is 11.2 Å². The quantitative estimate of drug-likeness (QED) is 0.151. The second kappa shape index (κ2) is 12.2. The Balaban J connectivity index is 1.43. The van der Waals surface area contributed by atoms with Crippen molar-refractivity contribution >= 4 is 17.1 Å². The molecule has 1 unspecified atom stereocenters. The Labute approximate surface area is 246 Å². The first-order valence-electron chi connectivity index (χ1n) is 14.2. The lowest BCUT2D eigenvalue weighted by atomic mass is 10.0. The van der Waals surface area contributed by atoms with Crippen molar-refractivity contribution in [1.29, 1.82) is 0 Å². The van der Waals surface area contributed by atoms with Gasteiger partial charge in [0.25, 0.3) is 0 Å². The molecule has 0 N–H and O–H groups in total. The van der Waals surface area contributed by atoms with Crippen molar-refractivity contribution < 1.29 is 23.1 Å². The number of aryl methyl sites for hydroxylation is 2. The van der Waals surface area contributed by atoms with Gasteiger partial charge in [0.2, 0.25) is 11.8 Å². The van der Waals surface area contributed by atoms with E-state index < -0.39 is 11.6 Å². The van der Waals surface area contributed by atoms with E-state index >= 15 is 0 Å². The Kier molecular flexibility index (Phi) is 8.45. The lowest BCUT2D eigenvalue weighted by Crippen LogP contribution is -2.40. The van der Waals surface area contributed by atoms with E-state index in [9.17, 15) is 4.79 Å². The third kappa shape index (κ3) is 6.39. The zero-order valence-corrected chi connectivity index (χ0v) is 25.0. The van der Waals surface area contributed by atoms with Crippen molar-refractivity contribution in [1.82, 2.24) is 14.9 Å². The van der Waals surface area contributed by atoms with Crippen molar-refractivity contribution in [2.24, 2.45) is 0 Å². The number of esters is 1. The molecule has 0 fully saturated rings. The van der Waals surface area contributed by atoms with Crippen molar-refractivity contribution in [3.63, 3.8) is 0 Å². The van der Waals surface area contributed by atoms with Gasteiger partial charge in [-0.1, -0.05) is 42.5 Å². The van der Waals surface area contributed by atoms with Crippen LogP contribution >= 0.6 is 0 Å². The molecule has 0 spiro atoms. The summed E-state index contributed by atoms with van der Waals surface area (Å²) in [4.78, 5) is 24.3. The van der Waals surface area contributed by atoms with E-state index in [4.69, 9.17) is 28.3 Å². The Hall–Kier alpha value is -4.43. The van der Waals surface area contributed by atoms with Crippen LogP contribution in [0.15, 0.2) is 81.8 Å². The van der Waals surface area contributed by atoms with E-state index in [1.54, 1.807) is 27.0 Å². The van der Waals surface area contributed by atoms with E-state index in [1.165, 1.54) is 0 Å². The first-order chi connectivity index (χ1) is 20.1. The summed E-state index contributed by atoms with van der Waals surface area (Å²) in [6, 6.07) is 21.7. The van der Waals surface area contributed by atoms with Gasteiger partial charge in [0.1, 0.15) is 17.5 Å². The molecule has 0 bridgehead atoms. The van der Waals surface area contributed by atoms with Gasteiger partial charge in [-0.05, 0) is 82.5 Å². The Morgan fingerprint density at radius 1 is 0.976 bits per heavy atom. The normalized spacial score (nSPS) is 12.5. The Morgan fingerprint density at radius 3 is 2.36 bits per heavy atom. The molecule has 0 radical (unpaired) electrons. The standard InChI is InChI=1S/C34H37N3O5/c1-7-39-33(38)34(5,6)42-31-22(2)17-25(18-23(31)3)19-37(20-30-35-27-15-11-12-16-29(27)41-30)24(4)28-21-40-32(36-28)26-13-9-8-10-14-26/h8-18,21,24H,7,19-20H2,1-6H3. The number of carbonyl (C=O) groups is 1. The Bertz CT molecular complexity index is 1620. The molecular formula is C34H37N3O5. The van der Waals surface area contributed by atoms with Gasteiger partial charge in [0.05, 0.1) is 24.9 Å². The highest BCUT2D eigenvalue weighted by atomic mass is 16.6. The molecule has 8 heteroatoms. The summed E-state index contributed by atoms with van der Waals surface area (Å²) >= 11 is 0. The fraction of sp³-hybridized carbons (Fsp3) is 0.324. The number of rotatable bonds is 11. The molecule has 1 atom stereocenters. The van der Waals surface area contributed by atoms with E-state index in [0.717, 1.165) is 39.0 Å². The van der Waals surface area contributed by atoms with Gasteiger partial charge in [-0.3, -0.25) is 4.90 Å². The minimum Gasteiger partial charge on any atom is -0.476 e. The minimum absolute atomic E-state index is 0.111. The molecule has 0 aliphatic carbocycles. The maximum atomic E-state index is 12.5. The van der Waals surface area contributed by atoms with Gasteiger partial charge < -0.3 is 18.3 Å². The third-order valence-corrected chi connectivity index (χ3v) is 7.22. The lowest BCUT2D eigenvalue weighted by Gasteiger charge is -2.28. The van der Waals surface area contributed by atoms with Crippen molar-refractivity contribution in [2.75, 3.05) is 6.61 Å². The Morgan fingerprint density at radius 2 is 1.67 bits per heavy atom. The zero-order valence-electron chi connectivity index (χ0n) is 25.0. The molecule has 42 heavy (non-hydrogen) atoms. The number of aromatic nitrogens is 2. The molecule has 0 aliphatic rings. The number of hydrogen-bond donors (Lipinski definition) is 0. The van der Waals surface area contributed by atoms with Crippen LogP contribution in [0, 0.1) is 13.8 Å². The monoisotopic (exact) mass is 567 g/mol. The van der Waals surface area contributed by atoms with Crippen LogP contribution in [0.1, 0.15) is 62.0 Å². The molecular weight excluding hydrogens is 530 g/mol. The minimum atomic E-state index is -1.11. The van der Waals surface area contributed by atoms with Crippen LogP contribution in [0.4, 0.5) is 0 Å². The number of oxazole rings is 2. The molecule has 2 heterocycles. The maximum absolute atomic E-state index is 12.5.